The number of amidine groups is 1. The number of benzene rings is 1. The van der Waals surface area contributed by atoms with Gasteiger partial charge in [0.1, 0.15) is 5.84 Å². The molecule has 0 aliphatic heterocycles. The molecule has 0 aliphatic rings. The number of aryl methyl sites for hydroxylation is 1. The van der Waals surface area contributed by atoms with Gasteiger partial charge in [0.2, 0.25) is 0 Å². The summed E-state index contributed by atoms with van der Waals surface area (Å²) in [6, 6.07) is 7.60. The molecule has 0 atom stereocenters. The van der Waals surface area contributed by atoms with Crippen molar-refractivity contribution in [2.75, 3.05) is 0 Å². The van der Waals surface area contributed by atoms with E-state index in [2.05, 4.69) is 0 Å². The third-order valence-corrected chi connectivity index (χ3v) is 1.44. The second kappa shape index (κ2) is 9.78. The molecule has 2 nitrogen and oxygen atoms in total. The second-order valence-corrected chi connectivity index (χ2v) is 2.23. The van der Waals surface area contributed by atoms with Crippen molar-refractivity contribution < 1.29 is 0 Å². The molecule has 0 saturated heterocycles. The first-order valence-electron chi connectivity index (χ1n) is 5.12. The minimum absolute atomic E-state index is 0.137. The fourth-order valence-corrected chi connectivity index (χ4v) is 0.875. The minimum Gasteiger partial charge on any atom is -0.384 e. The van der Waals surface area contributed by atoms with Crippen LogP contribution < -0.4 is 5.73 Å². The van der Waals surface area contributed by atoms with Crippen molar-refractivity contribution in [1.82, 2.24) is 0 Å². The highest BCUT2D eigenvalue weighted by Gasteiger charge is 1.96. The van der Waals surface area contributed by atoms with Gasteiger partial charge in [0.25, 0.3) is 0 Å². The number of hydrogen-bond donors (Lipinski definition) is 2. The van der Waals surface area contributed by atoms with Crippen LogP contribution in [0.15, 0.2) is 24.3 Å². The summed E-state index contributed by atoms with van der Waals surface area (Å²) < 4.78 is 0. The molecule has 0 heterocycles. The Labute approximate surface area is 87.7 Å². The van der Waals surface area contributed by atoms with Crippen LogP contribution >= 0.6 is 0 Å². The first-order chi connectivity index (χ1) is 6.72. The van der Waals surface area contributed by atoms with Crippen LogP contribution in [-0.2, 0) is 0 Å². The summed E-state index contributed by atoms with van der Waals surface area (Å²) in [5.41, 5.74) is 7.17. The average Bonchev–Trinajstić information content (AvgIpc) is 2.24. The molecule has 1 rings (SSSR count). The first kappa shape index (κ1) is 15.2. The number of rotatable bonds is 1. The van der Waals surface area contributed by atoms with Crippen molar-refractivity contribution in [3.8, 4) is 0 Å². The summed E-state index contributed by atoms with van der Waals surface area (Å²) >= 11 is 0. The molecule has 2 heteroatoms. The molecule has 14 heavy (non-hydrogen) atoms. The van der Waals surface area contributed by atoms with Crippen LogP contribution in [0, 0.1) is 12.3 Å². The molecule has 0 fully saturated rings. The minimum atomic E-state index is 0.137. The van der Waals surface area contributed by atoms with E-state index in [-0.39, 0.29) is 5.84 Å². The molecule has 0 radical (unpaired) electrons. The number of nitrogens with one attached hydrogen (secondary N) is 1. The first-order valence-corrected chi connectivity index (χ1v) is 5.12. The third-order valence-electron chi connectivity index (χ3n) is 1.44. The zero-order chi connectivity index (χ0) is 11.6. The van der Waals surface area contributed by atoms with Crippen LogP contribution in [0.1, 0.15) is 38.8 Å². The summed E-state index contributed by atoms with van der Waals surface area (Å²) in [5, 5.41) is 7.15. The molecule has 0 spiro atoms. The molecule has 0 aliphatic carbocycles. The van der Waals surface area contributed by atoms with Gasteiger partial charge in [0.15, 0.2) is 0 Å². The van der Waals surface area contributed by atoms with Gasteiger partial charge in [-0.3, -0.25) is 5.41 Å². The van der Waals surface area contributed by atoms with E-state index >= 15 is 0 Å². The second-order valence-electron chi connectivity index (χ2n) is 2.23. The number of nitrogens with two attached hydrogens (primary N) is 1. The van der Waals surface area contributed by atoms with Gasteiger partial charge in [-0.2, -0.15) is 0 Å². The van der Waals surface area contributed by atoms with E-state index in [1.165, 1.54) is 0 Å². The molecule has 0 unspecified atom stereocenters. The largest absolute Gasteiger partial charge is 0.384 e. The Bertz CT molecular complexity index is 254. The standard InChI is InChI=1S/C8H10N2.2C2H6/c1-6-4-2-3-5-7(6)8(9)10;2*1-2/h2-5H,1H3,(H3,9,10);2*1-2H3. The van der Waals surface area contributed by atoms with Crippen LogP contribution in [-0.4, -0.2) is 5.84 Å². The molecule has 0 amide bonds. The van der Waals surface area contributed by atoms with E-state index in [4.69, 9.17) is 11.1 Å². The van der Waals surface area contributed by atoms with Crippen LogP contribution in [0.25, 0.3) is 0 Å². The maximum atomic E-state index is 7.15. The predicted molar refractivity (Wildman–Crippen MR) is 64.9 cm³/mol. The van der Waals surface area contributed by atoms with Crippen LogP contribution in [0.5, 0.6) is 0 Å². The Morgan fingerprint density at radius 1 is 1.07 bits per heavy atom. The Balaban J connectivity index is 0. The summed E-state index contributed by atoms with van der Waals surface area (Å²) in [6.45, 7) is 9.94. The summed E-state index contributed by atoms with van der Waals surface area (Å²) in [7, 11) is 0. The van der Waals surface area contributed by atoms with Crippen molar-refractivity contribution in [1.29, 1.82) is 5.41 Å². The average molecular weight is 194 g/mol. The molecule has 0 bridgehead atoms. The van der Waals surface area contributed by atoms with E-state index in [0.29, 0.717) is 0 Å². The molecular formula is C12H22N2. The highest BCUT2D eigenvalue weighted by Crippen LogP contribution is 2.04. The van der Waals surface area contributed by atoms with Gasteiger partial charge in [-0.05, 0) is 12.5 Å². The lowest BCUT2D eigenvalue weighted by Crippen LogP contribution is -2.12. The quantitative estimate of drug-likeness (QED) is 0.523. The Morgan fingerprint density at radius 2 is 1.50 bits per heavy atom. The van der Waals surface area contributed by atoms with Gasteiger partial charge in [0.05, 0.1) is 0 Å². The number of nitrogen functional groups attached to an aromatic ring is 1. The van der Waals surface area contributed by atoms with E-state index in [1.807, 2.05) is 58.9 Å². The van der Waals surface area contributed by atoms with Gasteiger partial charge in [-0.15, -0.1) is 0 Å². The maximum absolute atomic E-state index is 7.15. The van der Waals surface area contributed by atoms with Crippen molar-refractivity contribution in [2.45, 2.75) is 34.6 Å². The van der Waals surface area contributed by atoms with Gasteiger partial charge < -0.3 is 5.73 Å². The highest BCUT2D eigenvalue weighted by molar-refractivity contribution is 5.96. The van der Waals surface area contributed by atoms with Crippen LogP contribution in [0.3, 0.4) is 0 Å². The zero-order valence-corrected chi connectivity index (χ0v) is 9.89. The fourth-order valence-electron chi connectivity index (χ4n) is 0.875. The number of hydrogen-bond acceptors (Lipinski definition) is 1. The van der Waals surface area contributed by atoms with Crippen molar-refractivity contribution >= 4 is 5.84 Å². The van der Waals surface area contributed by atoms with Crippen molar-refractivity contribution in [2.24, 2.45) is 5.73 Å². The molecule has 1 aromatic carbocycles. The Morgan fingerprint density at radius 3 is 1.79 bits per heavy atom. The van der Waals surface area contributed by atoms with E-state index in [0.717, 1.165) is 11.1 Å². The van der Waals surface area contributed by atoms with Gasteiger partial charge >= 0.3 is 0 Å². The monoisotopic (exact) mass is 194 g/mol. The van der Waals surface area contributed by atoms with Crippen molar-refractivity contribution in [3.63, 3.8) is 0 Å². The molecular weight excluding hydrogens is 172 g/mol. The lowest BCUT2D eigenvalue weighted by atomic mass is 10.1. The fraction of sp³-hybridized carbons (Fsp3) is 0.417. The summed E-state index contributed by atoms with van der Waals surface area (Å²) in [6.07, 6.45) is 0. The smallest absolute Gasteiger partial charge is 0.123 e. The van der Waals surface area contributed by atoms with E-state index in [1.54, 1.807) is 0 Å². The maximum Gasteiger partial charge on any atom is 0.123 e. The van der Waals surface area contributed by atoms with Crippen molar-refractivity contribution in [3.05, 3.63) is 35.4 Å². The normalized spacial score (nSPS) is 7.50. The molecule has 0 aromatic heterocycles. The SMILES string of the molecule is CC.CC.Cc1ccccc1C(=N)N. The lowest BCUT2D eigenvalue weighted by molar-refractivity contribution is 1.37. The molecule has 3 N–H and O–H groups in total. The Hall–Kier alpha value is -1.31. The third kappa shape index (κ3) is 5.36. The van der Waals surface area contributed by atoms with Crippen LogP contribution in [0.4, 0.5) is 0 Å². The topological polar surface area (TPSA) is 49.9 Å². The van der Waals surface area contributed by atoms with Crippen LogP contribution in [0.2, 0.25) is 0 Å². The van der Waals surface area contributed by atoms with Gasteiger partial charge in [-0.1, -0.05) is 52.0 Å². The Kier molecular flexibility index (Phi) is 10.6. The highest BCUT2D eigenvalue weighted by atomic mass is 14.7. The molecule has 1 aromatic rings. The van der Waals surface area contributed by atoms with Gasteiger partial charge in [0, 0.05) is 5.56 Å². The molecule has 0 saturated carbocycles. The summed E-state index contributed by atoms with van der Waals surface area (Å²) in [4.78, 5) is 0. The molecule has 80 valence electrons. The zero-order valence-electron chi connectivity index (χ0n) is 9.89. The van der Waals surface area contributed by atoms with E-state index < -0.39 is 0 Å². The van der Waals surface area contributed by atoms with E-state index in [9.17, 15) is 0 Å². The predicted octanol–water partition coefficient (Wildman–Crippen LogP) is 3.33. The summed E-state index contributed by atoms with van der Waals surface area (Å²) in [5.74, 6) is 0.137. The van der Waals surface area contributed by atoms with Gasteiger partial charge in [-0.25, -0.2) is 0 Å². The lowest BCUT2D eigenvalue weighted by Gasteiger charge is -2.00.